The zero-order chi connectivity index (χ0) is 37.4. The Labute approximate surface area is 329 Å². The maximum atomic E-state index is 15.7. The SMILES string of the molecule is Fc1cc(-c2cc3cc4cc5oc(-c6cc(F)c(-c7cc8cc9sccc9cc8s7)c(F)c6)cc5cc4cc3o2)cc(F)c1-c1cc2cc3sccc3cc2s1. The van der Waals surface area contributed by atoms with Gasteiger partial charge in [-0.3, -0.25) is 0 Å². The Balaban J connectivity index is 0.866. The number of thiophene rings is 4. The first-order chi connectivity index (χ1) is 27.3. The summed E-state index contributed by atoms with van der Waals surface area (Å²) in [6, 6.07) is 32.4. The second-order valence-electron chi connectivity index (χ2n) is 13.9. The van der Waals surface area contributed by atoms with Crippen LogP contribution in [0.4, 0.5) is 17.6 Å². The molecule has 6 aromatic heterocycles. The van der Waals surface area contributed by atoms with E-state index in [0.717, 1.165) is 61.9 Å². The van der Waals surface area contributed by atoms with Gasteiger partial charge in [-0.1, -0.05) is 0 Å². The Hall–Kier alpha value is -5.78. The van der Waals surface area contributed by atoms with E-state index in [-0.39, 0.29) is 11.1 Å². The zero-order valence-corrected chi connectivity index (χ0v) is 31.8. The van der Waals surface area contributed by atoms with Gasteiger partial charge >= 0.3 is 0 Å². The number of furan rings is 2. The molecule has 12 rings (SSSR count). The lowest BCUT2D eigenvalue weighted by Gasteiger charge is -2.05. The van der Waals surface area contributed by atoms with Gasteiger partial charge in [0, 0.05) is 50.5 Å². The smallest absolute Gasteiger partial charge is 0.135 e. The van der Waals surface area contributed by atoms with E-state index >= 15 is 17.6 Å². The lowest BCUT2D eigenvalue weighted by atomic mass is 10.0. The molecule has 6 heterocycles. The van der Waals surface area contributed by atoms with E-state index in [9.17, 15) is 0 Å². The summed E-state index contributed by atoms with van der Waals surface area (Å²) in [6.45, 7) is 0. The van der Waals surface area contributed by atoms with Gasteiger partial charge in [-0.2, -0.15) is 0 Å². The average Bonchev–Trinajstić information content (AvgIpc) is 4.02. The third kappa shape index (κ3) is 5.03. The van der Waals surface area contributed by atoms with Gasteiger partial charge in [0.05, 0.1) is 11.1 Å². The fourth-order valence-electron chi connectivity index (χ4n) is 7.75. The van der Waals surface area contributed by atoms with E-state index in [1.807, 2.05) is 59.3 Å². The molecule has 0 radical (unpaired) electrons. The lowest BCUT2D eigenvalue weighted by molar-refractivity contribution is 0.586. The molecule has 0 aliphatic carbocycles. The molecule has 0 fully saturated rings. The molecule has 0 atom stereocenters. The minimum atomic E-state index is -0.663. The minimum Gasteiger partial charge on any atom is -0.456 e. The maximum absolute atomic E-state index is 15.7. The molecule has 10 heteroatoms. The largest absolute Gasteiger partial charge is 0.456 e. The van der Waals surface area contributed by atoms with Gasteiger partial charge in [0.15, 0.2) is 0 Å². The number of benzene rings is 6. The number of rotatable bonds is 4. The van der Waals surface area contributed by atoms with Crippen LogP contribution in [0.25, 0.3) is 117 Å². The molecule has 0 saturated carbocycles. The summed E-state index contributed by atoms with van der Waals surface area (Å²) in [5, 5.41) is 11.4. The van der Waals surface area contributed by atoms with Crippen LogP contribution in [0.1, 0.15) is 0 Å². The fraction of sp³-hybridized carbons (Fsp3) is 0. The van der Waals surface area contributed by atoms with Crippen molar-refractivity contribution in [2.24, 2.45) is 0 Å². The molecule has 0 amide bonds. The lowest BCUT2D eigenvalue weighted by Crippen LogP contribution is -1.90. The third-order valence-corrected chi connectivity index (χ3v) is 14.4. The number of hydrogen-bond acceptors (Lipinski definition) is 6. The van der Waals surface area contributed by atoms with Crippen LogP contribution in [0.5, 0.6) is 0 Å². The third-order valence-electron chi connectivity index (χ3n) is 10.4. The van der Waals surface area contributed by atoms with Gasteiger partial charge in [0.1, 0.15) is 46.0 Å². The summed E-state index contributed by atoms with van der Waals surface area (Å²) < 4.78 is 79.3. The van der Waals surface area contributed by atoms with Crippen molar-refractivity contribution in [3.63, 3.8) is 0 Å². The predicted molar refractivity (Wildman–Crippen MR) is 227 cm³/mol. The molecule has 268 valence electrons. The number of fused-ring (bicyclic) bond motifs is 7. The van der Waals surface area contributed by atoms with Crippen molar-refractivity contribution in [3.05, 3.63) is 143 Å². The highest BCUT2D eigenvalue weighted by Crippen LogP contribution is 2.43. The highest BCUT2D eigenvalue weighted by atomic mass is 32.1. The number of hydrogen-bond donors (Lipinski definition) is 0. The van der Waals surface area contributed by atoms with Crippen LogP contribution in [0.2, 0.25) is 0 Å². The minimum absolute atomic E-state index is 0.0560. The number of halogens is 4. The molecule has 6 aromatic carbocycles. The quantitative estimate of drug-likeness (QED) is 0.166. The van der Waals surface area contributed by atoms with Crippen LogP contribution >= 0.6 is 45.3 Å². The van der Waals surface area contributed by atoms with Crippen molar-refractivity contribution in [2.45, 2.75) is 0 Å². The van der Waals surface area contributed by atoms with Crippen LogP contribution in [-0.4, -0.2) is 0 Å². The topological polar surface area (TPSA) is 26.3 Å². The van der Waals surface area contributed by atoms with Gasteiger partial charge < -0.3 is 8.83 Å². The Kier molecular flexibility index (Phi) is 6.88. The highest BCUT2D eigenvalue weighted by molar-refractivity contribution is 7.23. The standard InChI is InChI=1S/C46H20F4O2S4/c47-31-7-27(8-32(48)45(31)43-19-29-17-39-21(1-3-53-39)15-41(29)55-43)37-13-25-5-23-12-36-26(6-24(23)11-35(25)51-37)14-38(52-36)28-9-33(49)46(34(50)10-28)44-20-30-18-40-22(2-4-54-40)16-42(30)56-44/h1-20H. The van der Waals surface area contributed by atoms with E-state index in [4.69, 9.17) is 8.83 Å². The normalized spacial score (nSPS) is 12.3. The van der Waals surface area contributed by atoms with E-state index < -0.39 is 23.3 Å². The molecule has 56 heavy (non-hydrogen) atoms. The maximum Gasteiger partial charge on any atom is 0.135 e. The first kappa shape index (κ1) is 32.5. The van der Waals surface area contributed by atoms with E-state index in [1.54, 1.807) is 34.8 Å². The van der Waals surface area contributed by atoms with E-state index in [1.165, 1.54) is 46.9 Å². The molecule has 0 bridgehead atoms. The molecule has 2 nitrogen and oxygen atoms in total. The second-order valence-corrected chi connectivity index (χ2v) is 18.0. The van der Waals surface area contributed by atoms with Crippen molar-refractivity contribution >= 4 is 118 Å². The first-order valence-electron chi connectivity index (χ1n) is 17.5. The van der Waals surface area contributed by atoms with Crippen LogP contribution < -0.4 is 0 Å². The molecule has 0 unspecified atom stereocenters. The molecule has 0 N–H and O–H groups in total. The van der Waals surface area contributed by atoms with Gasteiger partial charge in [-0.25, -0.2) is 17.6 Å². The molecule has 0 aliphatic rings. The Morgan fingerprint density at radius 1 is 0.357 bits per heavy atom. The highest BCUT2D eigenvalue weighted by Gasteiger charge is 2.21. The Bertz CT molecular complexity index is 3170. The van der Waals surface area contributed by atoms with Crippen molar-refractivity contribution in [3.8, 4) is 43.5 Å². The molecule has 0 aliphatic heterocycles. The summed E-state index contributed by atoms with van der Waals surface area (Å²) in [7, 11) is 0. The molecule has 0 spiro atoms. The fourth-order valence-corrected chi connectivity index (χ4v) is 11.7. The van der Waals surface area contributed by atoms with Crippen LogP contribution in [-0.2, 0) is 0 Å². The Morgan fingerprint density at radius 3 is 1.20 bits per heavy atom. The van der Waals surface area contributed by atoms with E-state index in [2.05, 4.69) is 24.3 Å². The first-order valence-corrected chi connectivity index (χ1v) is 20.9. The predicted octanol–water partition coefficient (Wildman–Crippen LogP) is 16.4. The monoisotopic (exact) mass is 808 g/mol. The summed E-state index contributed by atoms with van der Waals surface area (Å²) in [6.07, 6.45) is 0. The van der Waals surface area contributed by atoms with Gasteiger partial charge in [-0.05, 0) is 152 Å². The van der Waals surface area contributed by atoms with Gasteiger partial charge in [0.25, 0.3) is 0 Å². The molecule has 12 aromatic rings. The van der Waals surface area contributed by atoms with Crippen molar-refractivity contribution in [1.29, 1.82) is 0 Å². The van der Waals surface area contributed by atoms with Crippen LogP contribution in [0.15, 0.2) is 129 Å². The van der Waals surface area contributed by atoms with Crippen molar-refractivity contribution in [1.82, 2.24) is 0 Å². The van der Waals surface area contributed by atoms with Crippen molar-refractivity contribution in [2.75, 3.05) is 0 Å². The second kappa shape index (κ2) is 11.9. The van der Waals surface area contributed by atoms with Crippen molar-refractivity contribution < 1.29 is 26.4 Å². The molecule has 0 saturated heterocycles. The Morgan fingerprint density at radius 2 is 0.768 bits per heavy atom. The van der Waals surface area contributed by atoms with Crippen LogP contribution in [0, 0.1) is 23.3 Å². The summed E-state index contributed by atoms with van der Waals surface area (Å²) in [5.41, 5.74) is 1.57. The molecular formula is C46H20F4O2S4. The molecular weight excluding hydrogens is 789 g/mol. The van der Waals surface area contributed by atoms with E-state index in [0.29, 0.717) is 43.6 Å². The zero-order valence-electron chi connectivity index (χ0n) is 28.5. The van der Waals surface area contributed by atoms with Gasteiger partial charge in [-0.15, -0.1) is 45.3 Å². The summed E-state index contributed by atoms with van der Waals surface area (Å²) in [5.74, 6) is -1.97. The average molecular weight is 809 g/mol. The summed E-state index contributed by atoms with van der Waals surface area (Å²) in [4.78, 5) is 1.06. The van der Waals surface area contributed by atoms with Crippen LogP contribution in [0.3, 0.4) is 0 Å². The van der Waals surface area contributed by atoms with Gasteiger partial charge in [0.2, 0.25) is 0 Å². The summed E-state index contributed by atoms with van der Waals surface area (Å²) >= 11 is 6.01.